The first-order valence-corrected chi connectivity index (χ1v) is 6.13. The Balaban J connectivity index is 2.24. The summed E-state index contributed by atoms with van der Waals surface area (Å²) in [5.41, 5.74) is 6.27. The van der Waals surface area contributed by atoms with Crippen LogP contribution in [0.4, 0.5) is 5.82 Å². The highest BCUT2D eigenvalue weighted by Gasteiger charge is 2.22. The molecule has 1 atom stereocenters. The van der Waals surface area contributed by atoms with Crippen molar-refractivity contribution in [2.75, 3.05) is 18.0 Å². The first-order chi connectivity index (χ1) is 8.22. The fourth-order valence-corrected chi connectivity index (χ4v) is 2.36. The van der Waals surface area contributed by atoms with Crippen LogP contribution in [0.3, 0.4) is 0 Å². The average molecular weight is 233 g/mol. The molecule has 2 heterocycles. The van der Waals surface area contributed by atoms with E-state index in [-0.39, 0.29) is 5.84 Å². The third kappa shape index (κ3) is 2.54. The summed E-state index contributed by atoms with van der Waals surface area (Å²) in [7, 11) is 0. The maximum Gasteiger partial charge on any atom is 0.162 e. The number of rotatable bonds is 3. The van der Waals surface area contributed by atoms with Crippen LogP contribution in [-0.2, 0) is 0 Å². The normalized spacial score (nSPS) is 20.3. The van der Waals surface area contributed by atoms with Crippen LogP contribution in [0.5, 0.6) is 0 Å². The second-order valence-electron chi connectivity index (χ2n) is 4.54. The molecule has 0 spiro atoms. The zero-order chi connectivity index (χ0) is 12.3. The molecule has 1 aromatic rings. The summed E-state index contributed by atoms with van der Waals surface area (Å²) in [4.78, 5) is 2.21. The van der Waals surface area contributed by atoms with Crippen molar-refractivity contribution >= 4 is 11.7 Å². The van der Waals surface area contributed by atoms with Gasteiger partial charge in [0.05, 0.1) is 11.8 Å². The lowest BCUT2D eigenvalue weighted by Crippen LogP contribution is -2.37. The van der Waals surface area contributed by atoms with Gasteiger partial charge in [-0.15, -0.1) is 5.10 Å². The van der Waals surface area contributed by atoms with E-state index >= 15 is 0 Å². The first-order valence-electron chi connectivity index (χ1n) is 6.13. The molecule has 0 amide bonds. The largest absolute Gasteiger partial charge is 0.384 e. The Bertz CT molecular complexity index is 404. The quantitative estimate of drug-likeness (QED) is 0.610. The fourth-order valence-electron chi connectivity index (χ4n) is 2.36. The molecule has 1 saturated heterocycles. The molecule has 0 aliphatic carbocycles. The molecule has 1 aliphatic heterocycles. The minimum Gasteiger partial charge on any atom is -0.384 e. The lowest BCUT2D eigenvalue weighted by atomic mass is 9.95. The van der Waals surface area contributed by atoms with E-state index in [2.05, 4.69) is 22.0 Å². The number of piperidine rings is 1. The number of hydrogen-bond donors (Lipinski definition) is 2. The fraction of sp³-hybridized carbons (Fsp3) is 0.583. The maximum atomic E-state index is 7.57. The number of nitrogens with zero attached hydrogens (tertiary/aromatic N) is 3. The van der Waals surface area contributed by atoms with Crippen LogP contribution in [0.25, 0.3) is 0 Å². The molecule has 5 nitrogen and oxygen atoms in total. The number of nitrogen functional groups attached to an aromatic ring is 1. The molecule has 3 N–H and O–H groups in total. The van der Waals surface area contributed by atoms with Gasteiger partial charge in [0.15, 0.2) is 5.82 Å². The molecular weight excluding hydrogens is 214 g/mol. The third-order valence-corrected chi connectivity index (χ3v) is 3.39. The minimum absolute atomic E-state index is 0.0634. The van der Waals surface area contributed by atoms with E-state index in [4.69, 9.17) is 11.1 Å². The Morgan fingerprint density at radius 2 is 2.47 bits per heavy atom. The summed E-state index contributed by atoms with van der Waals surface area (Å²) in [6, 6.07) is 1.76. The Morgan fingerprint density at radius 3 is 3.18 bits per heavy atom. The van der Waals surface area contributed by atoms with Crippen molar-refractivity contribution in [1.29, 1.82) is 5.41 Å². The van der Waals surface area contributed by atoms with E-state index in [1.807, 2.05) is 0 Å². The molecule has 0 bridgehead atoms. The smallest absolute Gasteiger partial charge is 0.162 e. The van der Waals surface area contributed by atoms with Gasteiger partial charge in [-0.2, -0.15) is 5.10 Å². The van der Waals surface area contributed by atoms with Gasteiger partial charge in [-0.25, -0.2) is 0 Å². The molecule has 0 radical (unpaired) electrons. The topological polar surface area (TPSA) is 78.9 Å². The van der Waals surface area contributed by atoms with E-state index in [9.17, 15) is 0 Å². The van der Waals surface area contributed by atoms with Crippen molar-refractivity contribution in [3.63, 3.8) is 0 Å². The van der Waals surface area contributed by atoms with Gasteiger partial charge in [-0.05, 0) is 24.8 Å². The number of nitrogens with one attached hydrogen (secondary N) is 1. The van der Waals surface area contributed by atoms with Gasteiger partial charge in [0.1, 0.15) is 5.84 Å². The Labute approximate surface area is 102 Å². The van der Waals surface area contributed by atoms with Crippen molar-refractivity contribution in [2.24, 2.45) is 11.7 Å². The number of aromatic nitrogens is 2. The lowest BCUT2D eigenvalue weighted by molar-refractivity contribution is 0.402. The minimum atomic E-state index is 0.0634. The molecule has 0 aromatic carbocycles. The lowest BCUT2D eigenvalue weighted by Gasteiger charge is -2.33. The van der Waals surface area contributed by atoms with E-state index < -0.39 is 0 Å². The highest BCUT2D eigenvalue weighted by Crippen LogP contribution is 2.25. The molecule has 1 unspecified atom stereocenters. The SMILES string of the molecule is CCC1CCCN(c2nnccc2C(=N)N)C1. The van der Waals surface area contributed by atoms with Crippen LogP contribution in [0.2, 0.25) is 0 Å². The summed E-state index contributed by atoms with van der Waals surface area (Å²) in [5.74, 6) is 1.54. The van der Waals surface area contributed by atoms with Gasteiger partial charge in [0.25, 0.3) is 0 Å². The van der Waals surface area contributed by atoms with Crippen LogP contribution in [-0.4, -0.2) is 29.1 Å². The van der Waals surface area contributed by atoms with E-state index in [1.54, 1.807) is 12.3 Å². The van der Waals surface area contributed by atoms with Crippen molar-refractivity contribution < 1.29 is 0 Å². The van der Waals surface area contributed by atoms with Crippen molar-refractivity contribution in [1.82, 2.24) is 10.2 Å². The molecular formula is C12H19N5. The molecule has 2 rings (SSSR count). The van der Waals surface area contributed by atoms with Gasteiger partial charge >= 0.3 is 0 Å². The average Bonchev–Trinajstić information content (AvgIpc) is 2.39. The zero-order valence-electron chi connectivity index (χ0n) is 10.2. The maximum absolute atomic E-state index is 7.57. The molecule has 5 heteroatoms. The number of anilines is 1. The molecule has 92 valence electrons. The van der Waals surface area contributed by atoms with Crippen LogP contribution >= 0.6 is 0 Å². The Morgan fingerprint density at radius 1 is 1.65 bits per heavy atom. The Kier molecular flexibility index (Phi) is 3.56. The standard InChI is InChI=1S/C12H19N5/c1-2-9-4-3-7-17(8-9)12-10(11(13)14)5-6-15-16-12/h5-6,9H,2-4,7-8H2,1H3,(H3,13,14). The van der Waals surface area contributed by atoms with Gasteiger partial charge in [-0.1, -0.05) is 13.3 Å². The monoisotopic (exact) mass is 233 g/mol. The van der Waals surface area contributed by atoms with Crippen LogP contribution in [0.1, 0.15) is 31.7 Å². The molecule has 1 fully saturated rings. The van der Waals surface area contributed by atoms with Gasteiger partial charge in [0, 0.05) is 13.1 Å². The second kappa shape index (κ2) is 5.12. The Hall–Kier alpha value is -1.65. The van der Waals surface area contributed by atoms with Crippen molar-refractivity contribution in [3.8, 4) is 0 Å². The number of amidine groups is 1. The second-order valence-corrected chi connectivity index (χ2v) is 4.54. The molecule has 0 saturated carbocycles. The molecule has 17 heavy (non-hydrogen) atoms. The van der Waals surface area contributed by atoms with Crippen molar-refractivity contribution in [2.45, 2.75) is 26.2 Å². The number of nitrogens with two attached hydrogens (primary N) is 1. The molecule has 1 aliphatic rings. The highest BCUT2D eigenvalue weighted by atomic mass is 15.3. The van der Waals surface area contributed by atoms with Gasteiger partial charge < -0.3 is 10.6 Å². The van der Waals surface area contributed by atoms with Gasteiger partial charge in [-0.3, -0.25) is 5.41 Å². The van der Waals surface area contributed by atoms with Gasteiger partial charge in [0.2, 0.25) is 0 Å². The van der Waals surface area contributed by atoms with E-state index in [0.717, 1.165) is 18.9 Å². The summed E-state index contributed by atoms with van der Waals surface area (Å²) in [6.45, 7) is 4.20. The van der Waals surface area contributed by atoms with Crippen LogP contribution < -0.4 is 10.6 Å². The van der Waals surface area contributed by atoms with E-state index in [1.165, 1.54) is 19.3 Å². The predicted octanol–water partition coefficient (Wildman–Crippen LogP) is 1.39. The highest BCUT2D eigenvalue weighted by molar-refractivity contribution is 5.99. The first kappa shape index (κ1) is 11.8. The summed E-state index contributed by atoms with van der Waals surface area (Å²) in [5, 5.41) is 15.6. The zero-order valence-corrected chi connectivity index (χ0v) is 10.2. The third-order valence-electron chi connectivity index (χ3n) is 3.39. The number of hydrogen-bond acceptors (Lipinski definition) is 4. The van der Waals surface area contributed by atoms with Crippen LogP contribution in [0.15, 0.2) is 12.3 Å². The summed E-state index contributed by atoms with van der Waals surface area (Å²) >= 11 is 0. The summed E-state index contributed by atoms with van der Waals surface area (Å²) in [6.07, 6.45) is 5.22. The van der Waals surface area contributed by atoms with Crippen molar-refractivity contribution in [3.05, 3.63) is 17.8 Å². The molecule has 1 aromatic heterocycles. The summed E-state index contributed by atoms with van der Waals surface area (Å²) < 4.78 is 0. The predicted molar refractivity (Wildman–Crippen MR) is 68.3 cm³/mol. The van der Waals surface area contributed by atoms with Crippen LogP contribution in [0, 0.1) is 11.3 Å². The van der Waals surface area contributed by atoms with E-state index in [0.29, 0.717) is 11.5 Å².